The number of hydrogen-bond acceptors (Lipinski definition) is 4. The summed E-state index contributed by atoms with van der Waals surface area (Å²) in [6, 6.07) is 0. The molecule has 1 atom stereocenters. The van der Waals surface area contributed by atoms with E-state index in [1.165, 1.54) is 18.8 Å². The first-order valence-electron chi connectivity index (χ1n) is 5.57. The normalized spacial score (nSPS) is 26.4. The molecule has 1 saturated heterocycles. The molecule has 2 rings (SSSR count). The van der Waals surface area contributed by atoms with Gasteiger partial charge in [-0.15, -0.1) is 11.8 Å². The molecule has 1 aliphatic heterocycles. The summed E-state index contributed by atoms with van der Waals surface area (Å²) in [6.45, 7) is 0. The van der Waals surface area contributed by atoms with Gasteiger partial charge in [-0.1, -0.05) is 0 Å². The number of rotatable bonds is 5. The highest BCUT2D eigenvalue weighted by Crippen LogP contribution is 2.52. The van der Waals surface area contributed by atoms with E-state index >= 15 is 0 Å². The van der Waals surface area contributed by atoms with E-state index in [9.17, 15) is 14.4 Å². The average Bonchev–Trinajstić information content (AvgIpc) is 2.96. The molecule has 2 amide bonds. The van der Waals surface area contributed by atoms with Gasteiger partial charge in [0.15, 0.2) is 0 Å². The van der Waals surface area contributed by atoms with E-state index in [2.05, 4.69) is 0 Å². The van der Waals surface area contributed by atoms with Crippen molar-refractivity contribution in [2.45, 2.75) is 30.9 Å². The number of hydrogen-bond donors (Lipinski definition) is 1. The summed E-state index contributed by atoms with van der Waals surface area (Å²) in [5.74, 6) is -0.410. The second kappa shape index (κ2) is 4.33. The Morgan fingerprint density at radius 2 is 2.18 bits per heavy atom. The number of aliphatic carboxylic acids is 1. The standard InChI is InChI=1S/C11H15NO4S/c1-12-8(13)4-7(10(12)16)17-6-11(2-3-11)5-9(14)15/h7H,2-6H2,1H3,(H,14,15). The molecule has 5 nitrogen and oxygen atoms in total. The van der Waals surface area contributed by atoms with Crippen LogP contribution in [0.25, 0.3) is 0 Å². The highest BCUT2D eigenvalue weighted by Gasteiger charge is 2.46. The predicted molar refractivity (Wildman–Crippen MR) is 62.6 cm³/mol. The number of imide groups is 1. The van der Waals surface area contributed by atoms with Gasteiger partial charge in [0, 0.05) is 19.2 Å². The Kier molecular flexibility index (Phi) is 3.16. The van der Waals surface area contributed by atoms with Gasteiger partial charge in [0.2, 0.25) is 11.8 Å². The molecule has 1 saturated carbocycles. The Morgan fingerprint density at radius 1 is 1.53 bits per heavy atom. The van der Waals surface area contributed by atoms with Gasteiger partial charge in [-0.2, -0.15) is 0 Å². The first-order valence-corrected chi connectivity index (χ1v) is 6.62. The van der Waals surface area contributed by atoms with Gasteiger partial charge in [-0.25, -0.2) is 0 Å². The van der Waals surface area contributed by atoms with Crippen molar-refractivity contribution in [3.63, 3.8) is 0 Å². The van der Waals surface area contributed by atoms with Crippen LogP contribution in [0.5, 0.6) is 0 Å². The molecule has 2 aliphatic rings. The Morgan fingerprint density at radius 3 is 2.59 bits per heavy atom. The molecule has 1 N–H and O–H groups in total. The van der Waals surface area contributed by atoms with Crippen LogP contribution in [0.4, 0.5) is 0 Å². The SMILES string of the molecule is CN1C(=O)CC(SCC2(CC(=O)O)CC2)C1=O. The molecular formula is C11H15NO4S. The zero-order valence-corrected chi connectivity index (χ0v) is 10.5. The van der Waals surface area contributed by atoms with Crippen molar-refractivity contribution in [2.24, 2.45) is 5.41 Å². The second-order valence-electron chi connectivity index (χ2n) is 4.87. The van der Waals surface area contributed by atoms with Crippen molar-refractivity contribution in [2.75, 3.05) is 12.8 Å². The molecule has 0 aromatic carbocycles. The van der Waals surface area contributed by atoms with Gasteiger partial charge in [0.1, 0.15) is 0 Å². The number of nitrogens with zero attached hydrogens (tertiary/aromatic N) is 1. The molecule has 0 radical (unpaired) electrons. The molecule has 1 aliphatic carbocycles. The highest BCUT2D eigenvalue weighted by molar-refractivity contribution is 8.00. The van der Waals surface area contributed by atoms with Crippen LogP contribution in [0, 0.1) is 5.41 Å². The number of carboxylic acids is 1. The maximum atomic E-state index is 11.6. The molecule has 17 heavy (non-hydrogen) atoms. The van der Waals surface area contributed by atoms with Crippen molar-refractivity contribution < 1.29 is 19.5 Å². The van der Waals surface area contributed by atoms with Gasteiger partial charge in [0.05, 0.1) is 11.7 Å². The third-order valence-electron chi connectivity index (χ3n) is 3.41. The van der Waals surface area contributed by atoms with Crippen molar-refractivity contribution in [1.82, 2.24) is 4.90 Å². The fourth-order valence-electron chi connectivity index (χ4n) is 2.00. The molecule has 0 aromatic rings. The summed E-state index contributed by atoms with van der Waals surface area (Å²) in [4.78, 5) is 34.8. The van der Waals surface area contributed by atoms with E-state index in [0.29, 0.717) is 5.75 Å². The maximum Gasteiger partial charge on any atom is 0.303 e. The Bertz CT molecular complexity index is 378. The minimum absolute atomic E-state index is 0.124. The zero-order chi connectivity index (χ0) is 12.6. The largest absolute Gasteiger partial charge is 0.481 e. The average molecular weight is 257 g/mol. The third-order valence-corrected chi connectivity index (χ3v) is 4.96. The first kappa shape index (κ1) is 12.4. The lowest BCUT2D eigenvalue weighted by Crippen LogP contribution is -2.27. The van der Waals surface area contributed by atoms with Crippen LogP contribution in [0.15, 0.2) is 0 Å². The van der Waals surface area contributed by atoms with Crippen molar-refractivity contribution in [3.8, 4) is 0 Å². The Hall–Kier alpha value is -1.04. The minimum atomic E-state index is -0.783. The van der Waals surface area contributed by atoms with Gasteiger partial charge < -0.3 is 5.11 Å². The zero-order valence-electron chi connectivity index (χ0n) is 9.64. The monoisotopic (exact) mass is 257 g/mol. The Labute approximate surface area is 104 Å². The lowest BCUT2D eigenvalue weighted by molar-refractivity contribution is -0.138. The molecule has 6 heteroatoms. The van der Waals surface area contributed by atoms with Crippen LogP contribution in [0.3, 0.4) is 0 Å². The quantitative estimate of drug-likeness (QED) is 0.735. The number of carbonyl (C=O) groups is 3. The van der Waals surface area contributed by atoms with Gasteiger partial charge in [-0.3, -0.25) is 19.3 Å². The van der Waals surface area contributed by atoms with Gasteiger partial charge in [-0.05, 0) is 18.3 Å². The van der Waals surface area contributed by atoms with E-state index in [4.69, 9.17) is 5.11 Å². The number of thioether (sulfide) groups is 1. The highest BCUT2D eigenvalue weighted by atomic mass is 32.2. The fraction of sp³-hybridized carbons (Fsp3) is 0.727. The minimum Gasteiger partial charge on any atom is -0.481 e. The smallest absolute Gasteiger partial charge is 0.303 e. The summed E-state index contributed by atoms with van der Waals surface area (Å²) in [7, 11) is 1.50. The molecule has 94 valence electrons. The fourth-order valence-corrected chi connectivity index (χ4v) is 3.51. The molecule has 0 aromatic heterocycles. The van der Waals surface area contributed by atoms with E-state index in [-0.39, 0.29) is 35.3 Å². The summed E-state index contributed by atoms with van der Waals surface area (Å²) in [5.41, 5.74) is -0.124. The van der Waals surface area contributed by atoms with Crippen LogP contribution in [0.1, 0.15) is 25.7 Å². The van der Waals surface area contributed by atoms with Gasteiger partial charge >= 0.3 is 5.97 Å². The van der Waals surface area contributed by atoms with Gasteiger partial charge in [0.25, 0.3) is 0 Å². The van der Waals surface area contributed by atoms with Crippen molar-refractivity contribution >= 4 is 29.5 Å². The van der Waals surface area contributed by atoms with Crippen molar-refractivity contribution in [1.29, 1.82) is 0 Å². The Balaban J connectivity index is 1.85. The van der Waals surface area contributed by atoms with E-state index in [1.54, 1.807) is 0 Å². The summed E-state index contributed by atoms with van der Waals surface area (Å²) >= 11 is 1.44. The first-order chi connectivity index (χ1) is 7.93. The van der Waals surface area contributed by atoms with Crippen molar-refractivity contribution in [3.05, 3.63) is 0 Å². The summed E-state index contributed by atoms with van der Waals surface area (Å²) < 4.78 is 0. The van der Waals surface area contributed by atoms with Crippen LogP contribution in [-0.4, -0.2) is 45.8 Å². The molecule has 2 fully saturated rings. The topological polar surface area (TPSA) is 74.7 Å². The third kappa shape index (κ3) is 2.62. The van der Waals surface area contributed by atoms with Crippen LogP contribution in [-0.2, 0) is 14.4 Å². The summed E-state index contributed by atoms with van der Waals surface area (Å²) in [5, 5.41) is 8.47. The number of carboxylic acid groups (broad SMARTS) is 1. The number of likely N-dealkylation sites (tertiary alicyclic amines) is 1. The lowest BCUT2D eigenvalue weighted by atomic mass is 10.1. The molecule has 0 bridgehead atoms. The van der Waals surface area contributed by atoms with Crippen LogP contribution < -0.4 is 0 Å². The second-order valence-corrected chi connectivity index (χ2v) is 6.06. The lowest BCUT2D eigenvalue weighted by Gasteiger charge is -2.14. The molecule has 1 heterocycles. The number of carbonyl (C=O) groups excluding carboxylic acids is 2. The van der Waals surface area contributed by atoms with Crippen LogP contribution in [0.2, 0.25) is 0 Å². The predicted octanol–water partition coefficient (Wildman–Crippen LogP) is 0.732. The van der Waals surface area contributed by atoms with E-state index in [1.807, 2.05) is 0 Å². The maximum absolute atomic E-state index is 11.6. The number of amides is 2. The molecular weight excluding hydrogens is 242 g/mol. The molecule has 1 unspecified atom stereocenters. The van der Waals surface area contributed by atoms with E-state index < -0.39 is 5.97 Å². The van der Waals surface area contributed by atoms with E-state index in [0.717, 1.165) is 17.7 Å². The van der Waals surface area contributed by atoms with Crippen LogP contribution >= 0.6 is 11.8 Å². The molecule has 0 spiro atoms. The summed E-state index contributed by atoms with van der Waals surface area (Å²) in [6.07, 6.45) is 2.25.